The Balaban J connectivity index is 0.000000454. The van der Waals surface area contributed by atoms with Gasteiger partial charge in [0.15, 0.2) is 5.82 Å². The Morgan fingerprint density at radius 1 is 1.07 bits per heavy atom. The Hall–Kier alpha value is -3.30. The second kappa shape index (κ2) is 19.8. The molecule has 0 aliphatic carbocycles. The molecule has 0 aromatic carbocycles. The first-order valence-corrected chi connectivity index (χ1v) is 15.0. The number of piperidine rings is 1. The van der Waals surface area contributed by atoms with Crippen LogP contribution in [0.1, 0.15) is 59.1 Å². The van der Waals surface area contributed by atoms with Crippen LogP contribution in [0.3, 0.4) is 0 Å². The van der Waals surface area contributed by atoms with E-state index >= 15 is 0 Å². The maximum Gasteiger partial charge on any atom is 0.281 e. The molecule has 5 rings (SSSR count). The van der Waals surface area contributed by atoms with Gasteiger partial charge in [0.1, 0.15) is 5.69 Å². The quantitative estimate of drug-likeness (QED) is 0.464. The van der Waals surface area contributed by atoms with E-state index in [4.69, 9.17) is 10.5 Å². The SMILES string of the molecule is C1CCNCC1.CC.CC1COCCN1c1nc(-c2cnc(N)nc2C(F)F)nc(N2CCN(C=O)CC2)n1.CCOC. The molecule has 5 heterocycles. The smallest absolute Gasteiger partial charge is 0.281 e. The number of anilines is 3. The lowest BCUT2D eigenvalue weighted by atomic mass is 10.2. The first-order valence-electron chi connectivity index (χ1n) is 15.0. The number of rotatable bonds is 6. The molecular formula is C28H48F2N10O3. The Morgan fingerprint density at radius 3 is 2.23 bits per heavy atom. The van der Waals surface area contributed by atoms with Gasteiger partial charge >= 0.3 is 0 Å². The van der Waals surface area contributed by atoms with Crippen LogP contribution in [-0.2, 0) is 14.3 Å². The Kier molecular flexibility index (Phi) is 16.5. The predicted molar refractivity (Wildman–Crippen MR) is 163 cm³/mol. The maximum atomic E-state index is 13.7. The number of amides is 1. The maximum absolute atomic E-state index is 13.7. The highest BCUT2D eigenvalue weighted by atomic mass is 19.3. The van der Waals surface area contributed by atoms with Crippen LogP contribution < -0.4 is 20.9 Å². The van der Waals surface area contributed by atoms with Crippen LogP contribution in [0.25, 0.3) is 11.4 Å². The van der Waals surface area contributed by atoms with Crippen molar-refractivity contribution in [2.75, 3.05) is 88.3 Å². The fourth-order valence-corrected chi connectivity index (χ4v) is 4.35. The van der Waals surface area contributed by atoms with Gasteiger partial charge in [-0.1, -0.05) is 20.3 Å². The minimum Gasteiger partial charge on any atom is -0.385 e. The van der Waals surface area contributed by atoms with Crippen molar-refractivity contribution in [3.8, 4) is 11.4 Å². The summed E-state index contributed by atoms with van der Waals surface area (Å²) in [6.07, 6.45) is 3.35. The molecule has 2 aromatic heterocycles. The van der Waals surface area contributed by atoms with E-state index in [9.17, 15) is 13.6 Å². The number of aromatic nitrogens is 5. The lowest BCUT2D eigenvalue weighted by Crippen LogP contribution is -2.47. The minimum absolute atomic E-state index is 0.000924. The van der Waals surface area contributed by atoms with Gasteiger partial charge < -0.3 is 35.2 Å². The summed E-state index contributed by atoms with van der Waals surface area (Å²) in [6, 6.07) is 0.000924. The predicted octanol–water partition coefficient (Wildman–Crippen LogP) is 2.79. The number of piperazine rings is 1. The van der Waals surface area contributed by atoms with E-state index in [0.717, 1.165) is 13.0 Å². The third-order valence-electron chi connectivity index (χ3n) is 6.76. The Bertz CT molecular complexity index is 1060. The highest BCUT2D eigenvalue weighted by molar-refractivity contribution is 5.62. The molecule has 2 aromatic rings. The lowest BCUT2D eigenvalue weighted by molar-refractivity contribution is -0.118. The van der Waals surface area contributed by atoms with Gasteiger partial charge in [-0.25, -0.2) is 18.7 Å². The monoisotopic (exact) mass is 610 g/mol. The van der Waals surface area contributed by atoms with Crippen molar-refractivity contribution >= 4 is 24.3 Å². The number of carbonyl (C=O) groups is 1. The van der Waals surface area contributed by atoms with Gasteiger partial charge in [-0.05, 0) is 39.8 Å². The van der Waals surface area contributed by atoms with E-state index in [1.165, 1.54) is 38.5 Å². The Labute approximate surface area is 253 Å². The van der Waals surface area contributed by atoms with E-state index in [0.29, 0.717) is 57.8 Å². The molecule has 3 aliphatic heterocycles. The Morgan fingerprint density at radius 2 is 1.72 bits per heavy atom. The number of nitrogens with one attached hydrogen (secondary N) is 1. The zero-order valence-electron chi connectivity index (χ0n) is 26.1. The molecule has 1 amide bonds. The van der Waals surface area contributed by atoms with E-state index in [1.807, 2.05) is 37.5 Å². The van der Waals surface area contributed by atoms with E-state index in [2.05, 4.69) is 35.0 Å². The first-order chi connectivity index (χ1) is 20.9. The van der Waals surface area contributed by atoms with Crippen LogP contribution in [0, 0.1) is 0 Å². The molecule has 0 spiro atoms. The summed E-state index contributed by atoms with van der Waals surface area (Å²) in [6.45, 7) is 14.9. The van der Waals surface area contributed by atoms with Crippen LogP contribution in [0.2, 0.25) is 0 Å². The summed E-state index contributed by atoms with van der Waals surface area (Å²) in [4.78, 5) is 37.6. The van der Waals surface area contributed by atoms with E-state index in [-0.39, 0.29) is 23.4 Å². The normalized spacial score (nSPS) is 18.4. The van der Waals surface area contributed by atoms with Crippen LogP contribution in [0.15, 0.2) is 6.20 Å². The molecule has 1 atom stereocenters. The highest BCUT2D eigenvalue weighted by Crippen LogP contribution is 2.30. The van der Waals surface area contributed by atoms with Crippen LogP contribution in [0.4, 0.5) is 26.6 Å². The number of halogens is 2. The fourth-order valence-electron chi connectivity index (χ4n) is 4.35. The van der Waals surface area contributed by atoms with Crippen LogP contribution in [0.5, 0.6) is 0 Å². The summed E-state index contributed by atoms with van der Waals surface area (Å²) < 4.78 is 37.3. The molecule has 3 saturated heterocycles. The number of methoxy groups -OCH3 is 1. The van der Waals surface area contributed by atoms with Crippen LogP contribution in [-0.4, -0.2) is 115 Å². The van der Waals surface area contributed by atoms with Crippen molar-refractivity contribution in [3.63, 3.8) is 0 Å². The van der Waals surface area contributed by atoms with Crippen molar-refractivity contribution in [2.24, 2.45) is 0 Å². The molecule has 3 N–H and O–H groups in total. The molecule has 3 aliphatic rings. The van der Waals surface area contributed by atoms with Crippen LogP contribution >= 0.6 is 0 Å². The number of carbonyl (C=O) groups excluding carboxylic acids is 1. The third kappa shape index (κ3) is 11.4. The minimum atomic E-state index is -2.87. The molecule has 1 unspecified atom stereocenters. The van der Waals surface area contributed by atoms with Gasteiger partial charge in [0.2, 0.25) is 24.3 Å². The van der Waals surface area contributed by atoms with Crippen molar-refractivity contribution in [1.82, 2.24) is 35.1 Å². The number of hydrogen-bond donors (Lipinski definition) is 2. The molecule has 13 nitrogen and oxygen atoms in total. The van der Waals surface area contributed by atoms with Gasteiger partial charge in [0, 0.05) is 52.6 Å². The van der Waals surface area contributed by atoms with Gasteiger partial charge in [-0.3, -0.25) is 4.79 Å². The number of nitrogens with two attached hydrogens (primary N) is 1. The average Bonchev–Trinajstić information content (AvgIpc) is 3.07. The number of nitrogen functional groups attached to an aromatic ring is 1. The fraction of sp³-hybridized carbons (Fsp3) is 0.714. The molecule has 15 heteroatoms. The average molecular weight is 611 g/mol. The third-order valence-corrected chi connectivity index (χ3v) is 6.76. The topological polar surface area (TPSA) is 148 Å². The second-order valence-corrected chi connectivity index (χ2v) is 9.72. The number of ether oxygens (including phenoxy) is 2. The van der Waals surface area contributed by atoms with E-state index in [1.54, 1.807) is 12.0 Å². The van der Waals surface area contributed by atoms with Crippen molar-refractivity contribution < 1.29 is 23.0 Å². The second-order valence-electron chi connectivity index (χ2n) is 9.72. The lowest BCUT2D eigenvalue weighted by Gasteiger charge is -2.35. The summed E-state index contributed by atoms with van der Waals surface area (Å²) in [7, 11) is 1.68. The molecule has 0 radical (unpaired) electrons. The number of morpholine rings is 1. The van der Waals surface area contributed by atoms with Crippen molar-refractivity contribution in [2.45, 2.75) is 59.4 Å². The number of hydrogen-bond acceptors (Lipinski definition) is 12. The number of nitrogens with zero attached hydrogens (tertiary/aromatic N) is 8. The molecule has 0 saturated carbocycles. The first kappa shape index (κ1) is 35.9. The van der Waals surface area contributed by atoms with Gasteiger partial charge in [-0.2, -0.15) is 15.0 Å². The number of alkyl halides is 2. The summed E-state index contributed by atoms with van der Waals surface area (Å²) >= 11 is 0. The van der Waals surface area contributed by atoms with E-state index < -0.39 is 12.1 Å². The summed E-state index contributed by atoms with van der Waals surface area (Å²) in [5, 5.41) is 3.28. The van der Waals surface area contributed by atoms with Crippen molar-refractivity contribution in [1.29, 1.82) is 0 Å². The molecule has 3 fully saturated rings. The summed E-state index contributed by atoms with van der Waals surface area (Å²) in [5.41, 5.74) is 4.98. The van der Waals surface area contributed by atoms with Gasteiger partial charge in [0.25, 0.3) is 6.43 Å². The molecular weight excluding hydrogens is 562 g/mol. The zero-order valence-corrected chi connectivity index (χ0v) is 26.1. The highest BCUT2D eigenvalue weighted by Gasteiger charge is 2.27. The summed E-state index contributed by atoms with van der Waals surface area (Å²) in [5.74, 6) is 0.513. The van der Waals surface area contributed by atoms with Crippen molar-refractivity contribution in [3.05, 3.63) is 11.9 Å². The molecule has 242 valence electrons. The molecule has 0 bridgehead atoms. The van der Waals surface area contributed by atoms with Gasteiger partial charge in [0.05, 0.1) is 24.8 Å². The van der Waals surface area contributed by atoms with Gasteiger partial charge in [-0.15, -0.1) is 0 Å². The zero-order chi connectivity index (χ0) is 31.6. The standard InChI is InChI=1S/C18H23F2N9O2.C5H11N.C3H8O.C2H6/c1-11-9-31-7-6-29(11)18-25-15(12-8-22-16(21)23-13(12)14(19)20)24-17(26-18)28-4-2-27(10-30)3-5-28;1-2-4-6-5-3-1;1-3-4-2;1-2/h8,10-11,14H,2-7,9H2,1H3,(H2,21,22,23);6H,1-5H2;3H2,1-2H3;1-2H3. The molecule has 43 heavy (non-hydrogen) atoms. The largest absolute Gasteiger partial charge is 0.385 e.